The molecular weight excluding hydrogens is 234 g/mol. The first-order valence-electron chi connectivity index (χ1n) is 6.21. The first kappa shape index (κ1) is 12.6. The van der Waals surface area contributed by atoms with Crippen LogP contribution in [0.15, 0.2) is 30.3 Å². The summed E-state index contributed by atoms with van der Waals surface area (Å²) >= 11 is 5.58. The van der Waals surface area contributed by atoms with Crippen molar-refractivity contribution in [1.29, 1.82) is 0 Å². The average molecular weight is 252 g/mol. The van der Waals surface area contributed by atoms with E-state index in [1.165, 1.54) is 5.56 Å². The van der Waals surface area contributed by atoms with Crippen LogP contribution >= 0.6 is 11.6 Å². The number of benzene rings is 1. The first-order chi connectivity index (χ1) is 8.25. The maximum atomic E-state index is 11.2. The van der Waals surface area contributed by atoms with Gasteiger partial charge in [0.1, 0.15) is 0 Å². The van der Waals surface area contributed by atoms with Crippen LogP contribution in [0.3, 0.4) is 0 Å². The van der Waals surface area contributed by atoms with Crippen LogP contribution in [-0.2, 0) is 11.3 Å². The van der Waals surface area contributed by atoms with E-state index in [1.807, 2.05) is 6.07 Å². The number of halogens is 1. The molecule has 1 aliphatic heterocycles. The Labute approximate surface area is 108 Å². The zero-order valence-electron chi connectivity index (χ0n) is 9.94. The van der Waals surface area contributed by atoms with Crippen molar-refractivity contribution >= 4 is 16.8 Å². The van der Waals surface area contributed by atoms with E-state index in [2.05, 4.69) is 29.2 Å². The highest BCUT2D eigenvalue weighted by atomic mass is 35.5. The number of nitrogens with zero attached hydrogens (tertiary/aromatic N) is 1. The molecular formula is C14H18ClNO. The van der Waals surface area contributed by atoms with Crippen molar-refractivity contribution < 1.29 is 4.79 Å². The number of carbonyl (C=O) groups is 1. The van der Waals surface area contributed by atoms with Gasteiger partial charge in [0.2, 0.25) is 5.24 Å². The molecule has 1 unspecified atom stereocenters. The molecule has 1 heterocycles. The Balaban J connectivity index is 1.89. The lowest BCUT2D eigenvalue weighted by atomic mass is 10.0. The zero-order chi connectivity index (χ0) is 12.1. The Morgan fingerprint density at radius 3 is 2.71 bits per heavy atom. The molecule has 2 rings (SSSR count). The largest absolute Gasteiger partial charge is 0.299 e. The van der Waals surface area contributed by atoms with Crippen molar-refractivity contribution in [3.63, 3.8) is 0 Å². The van der Waals surface area contributed by atoms with Gasteiger partial charge in [0.25, 0.3) is 0 Å². The maximum absolute atomic E-state index is 11.2. The van der Waals surface area contributed by atoms with E-state index in [9.17, 15) is 4.79 Å². The number of likely N-dealkylation sites (tertiary alicyclic amines) is 1. The molecule has 0 N–H and O–H groups in total. The summed E-state index contributed by atoms with van der Waals surface area (Å²) in [6.45, 7) is 3.01. The fourth-order valence-corrected chi connectivity index (χ4v) is 2.60. The number of hydrogen-bond donors (Lipinski definition) is 0. The molecule has 1 aromatic carbocycles. The van der Waals surface area contributed by atoms with Gasteiger partial charge in [-0.25, -0.2) is 0 Å². The van der Waals surface area contributed by atoms with Crippen molar-refractivity contribution in [2.75, 3.05) is 13.1 Å². The molecule has 0 bridgehead atoms. The molecule has 1 aromatic rings. The minimum atomic E-state index is -0.161. The lowest BCUT2D eigenvalue weighted by molar-refractivity contribution is -0.115. The third kappa shape index (κ3) is 3.83. The Bertz CT molecular complexity index is 366. The topological polar surface area (TPSA) is 20.3 Å². The normalized spacial score (nSPS) is 22.1. The molecule has 1 fully saturated rings. The van der Waals surface area contributed by atoms with E-state index in [1.54, 1.807) is 0 Å². The van der Waals surface area contributed by atoms with E-state index < -0.39 is 0 Å². The number of hydrogen-bond acceptors (Lipinski definition) is 2. The van der Waals surface area contributed by atoms with Gasteiger partial charge in [-0.3, -0.25) is 9.69 Å². The molecule has 0 radical (unpaired) electrons. The summed E-state index contributed by atoms with van der Waals surface area (Å²) in [5.74, 6) is 0.0671. The second kappa shape index (κ2) is 6.18. The standard InChI is InChI=1S/C14H18ClNO/c15-14(17)13-7-4-9-16(10-8-13)11-12-5-2-1-3-6-12/h1-3,5-6,13H,4,7-11H2. The summed E-state index contributed by atoms with van der Waals surface area (Å²) in [6, 6.07) is 10.5. The third-order valence-corrected chi connectivity index (χ3v) is 3.70. The summed E-state index contributed by atoms with van der Waals surface area (Å²) < 4.78 is 0. The lowest BCUT2D eigenvalue weighted by Gasteiger charge is -2.19. The average Bonchev–Trinajstić information content (AvgIpc) is 2.56. The van der Waals surface area contributed by atoms with Crippen LogP contribution in [0.25, 0.3) is 0 Å². The number of rotatable bonds is 3. The highest BCUT2D eigenvalue weighted by molar-refractivity contribution is 6.63. The molecule has 1 atom stereocenters. The molecule has 1 saturated heterocycles. The number of carbonyl (C=O) groups excluding carboxylic acids is 1. The molecule has 0 saturated carbocycles. The Morgan fingerprint density at radius 2 is 2.00 bits per heavy atom. The Kier molecular flexibility index (Phi) is 4.57. The van der Waals surface area contributed by atoms with Crippen LogP contribution < -0.4 is 0 Å². The SMILES string of the molecule is O=C(Cl)C1CCCN(Cc2ccccc2)CC1. The van der Waals surface area contributed by atoms with Gasteiger partial charge >= 0.3 is 0 Å². The van der Waals surface area contributed by atoms with Crippen LogP contribution in [0, 0.1) is 5.92 Å². The van der Waals surface area contributed by atoms with Gasteiger partial charge < -0.3 is 0 Å². The highest BCUT2D eigenvalue weighted by Crippen LogP contribution is 2.20. The van der Waals surface area contributed by atoms with Crippen molar-refractivity contribution in [3.05, 3.63) is 35.9 Å². The Hall–Kier alpha value is -0.860. The van der Waals surface area contributed by atoms with E-state index in [0.29, 0.717) is 0 Å². The fourth-order valence-electron chi connectivity index (χ4n) is 2.38. The molecule has 92 valence electrons. The van der Waals surface area contributed by atoms with E-state index in [0.717, 1.165) is 38.9 Å². The molecule has 2 nitrogen and oxygen atoms in total. The van der Waals surface area contributed by atoms with Crippen molar-refractivity contribution in [2.45, 2.75) is 25.8 Å². The lowest BCUT2D eigenvalue weighted by Crippen LogP contribution is -2.24. The van der Waals surface area contributed by atoms with Crippen molar-refractivity contribution in [3.8, 4) is 0 Å². The van der Waals surface area contributed by atoms with Crippen LogP contribution in [0.4, 0.5) is 0 Å². The second-order valence-corrected chi connectivity index (χ2v) is 5.07. The summed E-state index contributed by atoms with van der Waals surface area (Å²) in [5.41, 5.74) is 1.34. The second-order valence-electron chi connectivity index (χ2n) is 4.69. The molecule has 17 heavy (non-hydrogen) atoms. The van der Waals surface area contributed by atoms with Crippen molar-refractivity contribution in [1.82, 2.24) is 4.90 Å². The Morgan fingerprint density at radius 1 is 1.24 bits per heavy atom. The highest BCUT2D eigenvalue weighted by Gasteiger charge is 2.21. The van der Waals surface area contributed by atoms with Crippen LogP contribution in [0.5, 0.6) is 0 Å². The maximum Gasteiger partial charge on any atom is 0.224 e. The predicted molar refractivity (Wildman–Crippen MR) is 69.9 cm³/mol. The smallest absolute Gasteiger partial charge is 0.224 e. The summed E-state index contributed by atoms with van der Waals surface area (Å²) in [7, 11) is 0. The molecule has 1 aliphatic rings. The quantitative estimate of drug-likeness (QED) is 0.770. The third-order valence-electron chi connectivity index (χ3n) is 3.39. The minimum Gasteiger partial charge on any atom is -0.299 e. The minimum absolute atomic E-state index is 0.0671. The molecule has 0 amide bonds. The van der Waals surface area contributed by atoms with Crippen molar-refractivity contribution in [2.24, 2.45) is 5.92 Å². The predicted octanol–water partition coefficient (Wildman–Crippen LogP) is 3.05. The monoisotopic (exact) mass is 251 g/mol. The molecule has 0 aromatic heterocycles. The molecule has 3 heteroatoms. The zero-order valence-corrected chi connectivity index (χ0v) is 10.7. The summed E-state index contributed by atoms with van der Waals surface area (Å²) in [4.78, 5) is 13.6. The first-order valence-corrected chi connectivity index (χ1v) is 6.59. The molecule has 0 aliphatic carbocycles. The van der Waals surface area contributed by atoms with E-state index >= 15 is 0 Å². The van der Waals surface area contributed by atoms with Gasteiger partial charge in [-0.05, 0) is 49.5 Å². The van der Waals surface area contributed by atoms with E-state index in [-0.39, 0.29) is 11.2 Å². The van der Waals surface area contributed by atoms with Crippen LogP contribution in [0.1, 0.15) is 24.8 Å². The van der Waals surface area contributed by atoms with Gasteiger partial charge in [0.05, 0.1) is 0 Å². The summed E-state index contributed by atoms with van der Waals surface area (Å²) in [6.07, 6.45) is 2.90. The van der Waals surface area contributed by atoms with Gasteiger partial charge in [-0.1, -0.05) is 30.3 Å². The van der Waals surface area contributed by atoms with Gasteiger partial charge in [0.15, 0.2) is 0 Å². The van der Waals surface area contributed by atoms with Gasteiger partial charge in [0, 0.05) is 12.5 Å². The van der Waals surface area contributed by atoms with Gasteiger partial charge in [-0.2, -0.15) is 0 Å². The molecule has 0 spiro atoms. The van der Waals surface area contributed by atoms with Gasteiger partial charge in [-0.15, -0.1) is 0 Å². The summed E-state index contributed by atoms with van der Waals surface area (Å²) in [5, 5.41) is -0.161. The van der Waals surface area contributed by atoms with Crippen LogP contribution in [0.2, 0.25) is 0 Å². The van der Waals surface area contributed by atoms with E-state index in [4.69, 9.17) is 11.6 Å². The van der Waals surface area contributed by atoms with Crippen LogP contribution in [-0.4, -0.2) is 23.2 Å². The fraction of sp³-hybridized carbons (Fsp3) is 0.500.